The van der Waals surface area contributed by atoms with Crippen molar-refractivity contribution in [3.05, 3.63) is 53.0 Å². The third-order valence-electron chi connectivity index (χ3n) is 3.62. The quantitative estimate of drug-likeness (QED) is 0.815. The standard InChI is InChI=1S/C18H20BrN3O2/c1-12(18(24)21-16-6-4-14(19)5-7-16)20-15-8-10-17(11-9-15)22(3)13(2)23/h4-12,20H,1-3H3,(H,21,24). The Kier molecular flexibility index (Phi) is 5.98. The molecule has 0 aliphatic heterocycles. The zero-order chi connectivity index (χ0) is 17.7. The summed E-state index contributed by atoms with van der Waals surface area (Å²) >= 11 is 3.36. The number of hydrogen-bond acceptors (Lipinski definition) is 3. The first-order chi connectivity index (χ1) is 11.4. The van der Waals surface area contributed by atoms with Crippen LogP contribution in [0, 0.1) is 0 Å². The number of benzene rings is 2. The van der Waals surface area contributed by atoms with E-state index in [-0.39, 0.29) is 11.8 Å². The van der Waals surface area contributed by atoms with Crippen molar-refractivity contribution in [1.82, 2.24) is 0 Å². The van der Waals surface area contributed by atoms with Gasteiger partial charge in [-0.3, -0.25) is 9.59 Å². The summed E-state index contributed by atoms with van der Waals surface area (Å²) < 4.78 is 0.960. The van der Waals surface area contributed by atoms with Crippen molar-refractivity contribution in [3.8, 4) is 0 Å². The lowest BCUT2D eigenvalue weighted by Crippen LogP contribution is -2.31. The average molecular weight is 390 g/mol. The maximum atomic E-state index is 12.2. The van der Waals surface area contributed by atoms with Crippen LogP contribution >= 0.6 is 15.9 Å². The van der Waals surface area contributed by atoms with E-state index in [0.717, 1.165) is 21.5 Å². The summed E-state index contributed by atoms with van der Waals surface area (Å²) in [6.45, 7) is 3.31. The Morgan fingerprint density at radius 1 is 1.00 bits per heavy atom. The van der Waals surface area contributed by atoms with Crippen LogP contribution in [0.25, 0.3) is 0 Å². The second-order valence-corrected chi connectivity index (χ2v) is 6.40. The normalized spacial score (nSPS) is 11.5. The Morgan fingerprint density at radius 3 is 2.08 bits per heavy atom. The fraction of sp³-hybridized carbons (Fsp3) is 0.222. The molecule has 2 aromatic carbocycles. The maximum Gasteiger partial charge on any atom is 0.246 e. The lowest BCUT2D eigenvalue weighted by Gasteiger charge is -2.18. The second kappa shape index (κ2) is 7.97. The molecule has 0 heterocycles. The predicted molar refractivity (Wildman–Crippen MR) is 101 cm³/mol. The summed E-state index contributed by atoms with van der Waals surface area (Å²) in [7, 11) is 1.72. The lowest BCUT2D eigenvalue weighted by atomic mass is 10.2. The largest absolute Gasteiger partial charge is 0.374 e. The molecule has 0 bridgehead atoms. The number of nitrogens with one attached hydrogen (secondary N) is 2. The van der Waals surface area contributed by atoms with Gasteiger partial charge >= 0.3 is 0 Å². The maximum absolute atomic E-state index is 12.2. The molecule has 1 unspecified atom stereocenters. The van der Waals surface area contributed by atoms with Crippen LogP contribution in [0.2, 0.25) is 0 Å². The van der Waals surface area contributed by atoms with E-state index in [1.807, 2.05) is 48.5 Å². The van der Waals surface area contributed by atoms with Crippen LogP contribution < -0.4 is 15.5 Å². The minimum atomic E-state index is -0.398. The minimum absolute atomic E-state index is 0.0297. The van der Waals surface area contributed by atoms with Crippen LogP contribution in [-0.4, -0.2) is 24.9 Å². The Labute approximate surface area is 150 Å². The van der Waals surface area contributed by atoms with Gasteiger partial charge in [-0.05, 0) is 55.5 Å². The van der Waals surface area contributed by atoms with E-state index in [9.17, 15) is 9.59 Å². The third kappa shape index (κ3) is 4.83. The zero-order valence-electron chi connectivity index (χ0n) is 13.8. The van der Waals surface area contributed by atoms with Crippen molar-refractivity contribution >= 4 is 44.8 Å². The fourth-order valence-electron chi connectivity index (χ4n) is 2.06. The van der Waals surface area contributed by atoms with Gasteiger partial charge in [0.2, 0.25) is 11.8 Å². The first kappa shape index (κ1) is 18.0. The summed E-state index contributed by atoms with van der Waals surface area (Å²) in [6.07, 6.45) is 0. The molecule has 0 aromatic heterocycles. The van der Waals surface area contributed by atoms with Gasteiger partial charge in [0.05, 0.1) is 0 Å². The number of anilines is 3. The monoisotopic (exact) mass is 389 g/mol. The minimum Gasteiger partial charge on any atom is -0.374 e. The molecule has 5 nitrogen and oxygen atoms in total. The van der Waals surface area contributed by atoms with Crippen LogP contribution in [0.5, 0.6) is 0 Å². The van der Waals surface area contributed by atoms with E-state index in [2.05, 4.69) is 26.6 Å². The molecule has 0 saturated heterocycles. The first-order valence-corrected chi connectivity index (χ1v) is 8.33. The van der Waals surface area contributed by atoms with Crippen molar-refractivity contribution in [2.45, 2.75) is 19.9 Å². The lowest BCUT2D eigenvalue weighted by molar-refractivity contribution is -0.117. The van der Waals surface area contributed by atoms with E-state index in [0.29, 0.717) is 0 Å². The Hall–Kier alpha value is -2.34. The van der Waals surface area contributed by atoms with Gasteiger partial charge in [-0.15, -0.1) is 0 Å². The highest BCUT2D eigenvalue weighted by atomic mass is 79.9. The van der Waals surface area contributed by atoms with Crippen LogP contribution in [0.4, 0.5) is 17.1 Å². The van der Waals surface area contributed by atoms with Gasteiger partial charge < -0.3 is 15.5 Å². The van der Waals surface area contributed by atoms with Gasteiger partial charge in [-0.25, -0.2) is 0 Å². The van der Waals surface area contributed by atoms with Crippen molar-refractivity contribution < 1.29 is 9.59 Å². The van der Waals surface area contributed by atoms with Gasteiger partial charge in [0.15, 0.2) is 0 Å². The molecule has 24 heavy (non-hydrogen) atoms. The fourth-order valence-corrected chi connectivity index (χ4v) is 2.33. The summed E-state index contributed by atoms with van der Waals surface area (Å²) in [5, 5.41) is 6.00. The van der Waals surface area contributed by atoms with Crippen molar-refractivity contribution in [3.63, 3.8) is 0 Å². The first-order valence-electron chi connectivity index (χ1n) is 7.54. The van der Waals surface area contributed by atoms with E-state index in [4.69, 9.17) is 0 Å². The Bertz CT molecular complexity index is 714. The van der Waals surface area contributed by atoms with Crippen LogP contribution in [0.3, 0.4) is 0 Å². The molecule has 2 rings (SSSR count). The van der Waals surface area contributed by atoms with Gasteiger partial charge in [0.1, 0.15) is 6.04 Å². The number of carbonyl (C=O) groups excluding carboxylic acids is 2. The molecule has 0 aliphatic carbocycles. The number of hydrogen-bond donors (Lipinski definition) is 2. The number of halogens is 1. The molecule has 126 valence electrons. The Morgan fingerprint density at radius 2 is 1.54 bits per heavy atom. The number of amides is 2. The molecule has 2 amide bonds. The smallest absolute Gasteiger partial charge is 0.246 e. The molecule has 0 spiro atoms. The van der Waals surface area contributed by atoms with Crippen molar-refractivity contribution in [1.29, 1.82) is 0 Å². The number of nitrogens with zero attached hydrogens (tertiary/aromatic N) is 1. The highest BCUT2D eigenvalue weighted by Gasteiger charge is 2.13. The van der Waals surface area contributed by atoms with E-state index >= 15 is 0 Å². The summed E-state index contributed by atoms with van der Waals surface area (Å²) in [5.41, 5.74) is 2.37. The Balaban J connectivity index is 1.95. The third-order valence-corrected chi connectivity index (χ3v) is 4.14. The highest BCUT2D eigenvalue weighted by Crippen LogP contribution is 2.18. The molecular formula is C18H20BrN3O2. The van der Waals surface area contributed by atoms with Crippen LogP contribution in [-0.2, 0) is 9.59 Å². The van der Waals surface area contributed by atoms with Crippen molar-refractivity contribution in [2.24, 2.45) is 0 Å². The number of carbonyl (C=O) groups is 2. The van der Waals surface area contributed by atoms with E-state index in [1.165, 1.54) is 6.92 Å². The molecule has 0 radical (unpaired) electrons. The number of rotatable bonds is 5. The zero-order valence-corrected chi connectivity index (χ0v) is 15.4. The van der Waals surface area contributed by atoms with Crippen LogP contribution in [0.15, 0.2) is 53.0 Å². The SMILES string of the molecule is CC(=O)N(C)c1ccc(NC(C)C(=O)Nc2ccc(Br)cc2)cc1. The topological polar surface area (TPSA) is 61.4 Å². The van der Waals surface area contributed by atoms with Gasteiger partial charge in [-0.2, -0.15) is 0 Å². The molecule has 2 aromatic rings. The highest BCUT2D eigenvalue weighted by molar-refractivity contribution is 9.10. The van der Waals surface area contributed by atoms with E-state index in [1.54, 1.807) is 18.9 Å². The van der Waals surface area contributed by atoms with Crippen LogP contribution in [0.1, 0.15) is 13.8 Å². The van der Waals surface area contributed by atoms with Gasteiger partial charge in [0.25, 0.3) is 0 Å². The van der Waals surface area contributed by atoms with Gasteiger partial charge in [-0.1, -0.05) is 15.9 Å². The van der Waals surface area contributed by atoms with E-state index < -0.39 is 6.04 Å². The molecule has 0 fully saturated rings. The molecule has 0 aliphatic rings. The summed E-state index contributed by atoms with van der Waals surface area (Å²) in [4.78, 5) is 25.1. The predicted octanol–water partition coefficient (Wildman–Crippen LogP) is 3.87. The van der Waals surface area contributed by atoms with Gasteiger partial charge in [0, 0.05) is 35.5 Å². The van der Waals surface area contributed by atoms with Crippen molar-refractivity contribution in [2.75, 3.05) is 22.6 Å². The summed E-state index contributed by atoms with van der Waals surface area (Å²) in [6, 6.07) is 14.4. The summed E-state index contributed by atoms with van der Waals surface area (Å²) in [5.74, 6) is -0.153. The molecule has 6 heteroatoms. The molecule has 1 atom stereocenters. The average Bonchev–Trinajstić information content (AvgIpc) is 2.56. The second-order valence-electron chi connectivity index (χ2n) is 5.49. The molecule has 2 N–H and O–H groups in total. The molecular weight excluding hydrogens is 370 g/mol. The molecule has 0 saturated carbocycles.